The molecular weight excluding hydrogens is 268 g/mol. The molecule has 0 aliphatic heterocycles. The molecule has 0 saturated heterocycles. The lowest BCUT2D eigenvalue weighted by Crippen LogP contribution is -2.03. The molecule has 0 radical (unpaired) electrons. The quantitative estimate of drug-likeness (QED) is 0.365. The largest absolute Gasteiger partial charge is 0.456 e. The lowest BCUT2D eigenvalue weighted by Gasteiger charge is -2.04. The van der Waals surface area contributed by atoms with Gasteiger partial charge in [-0.1, -0.05) is 12.1 Å². The maximum absolute atomic E-state index is 12.6. The van der Waals surface area contributed by atoms with Crippen molar-refractivity contribution in [1.82, 2.24) is 0 Å². The molecule has 21 heavy (non-hydrogen) atoms. The molecule has 0 bridgehead atoms. The van der Waals surface area contributed by atoms with Gasteiger partial charge in [0.2, 0.25) is 5.43 Å². The summed E-state index contributed by atoms with van der Waals surface area (Å²) in [5.74, 6) is 0. The standard InChI is InChI=1S/C17H10O4/c1-9-6-16(18)21-14-8-15-12(7-11(9)14)17(19)10-4-2-3-5-13(10)20-15/h2-8H,1H3. The van der Waals surface area contributed by atoms with E-state index in [0.29, 0.717) is 27.5 Å². The highest BCUT2D eigenvalue weighted by Gasteiger charge is 2.11. The van der Waals surface area contributed by atoms with Gasteiger partial charge in [0.05, 0.1) is 10.8 Å². The predicted molar refractivity (Wildman–Crippen MR) is 80.8 cm³/mol. The van der Waals surface area contributed by atoms with Gasteiger partial charge in [0.1, 0.15) is 16.7 Å². The van der Waals surface area contributed by atoms with Crippen molar-refractivity contribution in [2.75, 3.05) is 0 Å². The summed E-state index contributed by atoms with van der Waals surface area (Å²) in [6, 6.07) is 11.8. The molecule has 2 aromatic carbocycles. The molecule has 0 amide bonds. The highest BCUT2D eigenvalue weighted by molar-refractivity contribution is 5.98. The van der Waals surface area contributed by atoms with Crippen LogP contribution in [0.3, 0.4) is 0 Å². The van der Waals surface area contributed by atoms with Crippen LogP contribution in [-0.2, 0) is 0 Å². The summed E-state index contributed by atoms with van der Waals surface area (Å²) in [5.41, 5.74) is 1.63. The van der Waals surface area contributed by atoms with Crippen molar-refractivity contribution in [3.05, 3.63) is 68.7 Å². The molecule has 0 saturated carbocycles. The van der Waals surface area contributed by atoms with Crippen molar-refractivity contribution in [3.8, 4) is 0 Å². The summed E-state index contributed by atoms with van der Waals surface area (Å²) in [4.78, 5) is 24.0. The number of hydrogen-bond acceptors (Lipinski definition) is 4. The Balaban J connectivity index is 2.29. The fraction of sp³-hybridized carbons (Fsp3) is 0.0588. The SMILES string of the molecule is Cc1cc(=O)oc2cc3oc4ccccc4c(=O)c3cc12. The van der Waals surface area contributed by atoms with E-state index in [1.165, 1.54) is 6.07 Å². The molecule has 102 valence electrons. The number of aryl methyl sites for hydroxylation is 1. The van der Waals surface area contributed by atoms with Crippen LogP contribution < -0.4 is 11.1 Å². The zero-order chi connectivity index (χ0) is 14.6. The van der Waals surface area contributed by atoms with Gasteiger partial charge in [-0.25, -0.2) is 4.79 Å². The van der Waals surface area contributed by atoms with Crippen molar-refractivity contribution in [3.63, 3.8) is 0 Å². The van der Waals surface area contributed by atoms with Crippen molar-refractivity contribution >= 4 is 32.9 Å². The first-order valence-electron chi connectivity index (χ1n) is 6.53. The molecular formula is C17H10O4. The van der Waals surface area contributed by atoms with Crippen LogP contribution in [0.2, 0.25) is 0 Å². The Morgan fingerprint density at radius 1 is 0.762 bits per heavy atom. The van der Waals surface area contributed by atoms with Gasteiger partial charge < -0.3 is 8.83 Å². The highest BCUT2D eigenvalue weighted by atomic mass is 16.4. The summed E-state index contributed by atoms with van der Waals surface area (Å²) in [6.07, 6.45) is 0. The molecule has 0 N–H and O–H groups in total. The summed E-state index contributed by atoms with van der Waals surface area (Å²) in [7, 11) is 0. The average molecular weight is 278 g/mol. The van der Waals surface area contributed by atoms with E-state index in [9.17, 15) is 9.59 Å². The summed E-state index contributed by atoms with van der Waals surface area (Å²) >= 11 is 0. The van der Waals surface area contributed by atoms with Gasteiger partial charge in [0.25, 0.3) is 0 Å². The van der Waals surface area contributed by atoms with Gasteiger partial charge in [-0.2, -0.15) is 0 Å². The highest BCUT2D eigenvalue weighted by Crippen LogP contribution is 2.25. The first-order chi connectivity index (χ1) is 10.1. The molecule has 0 fully saturated rings. The van der Waals surface area contributed by atoms with Gasteiger partial charge >= 0.3 is 5.63 Å². The molecule has 0 spiro atoms. The van der Waals surface area contributed by atoms with Crippen LogP contribution in [0.5, 0.6) is 0 Å². The van der Waals surface area contributed by atoms with Gasteiger partial charge in [-0.3, -0.25) is 4.79 Å². The Labute approximate surface area is 118 Å². The minimum absolute atomic E-state index is 0.0839. The van der Waals surface area contributed by atoms with Crippen LogP contribution in [-0.4, -0.2) is 0 Å². The summed E-state index contributed by atoms with van der Waals surface area (Å²) in [6.45, 7) is 1.81. The molecule has 2 aromatic heterocycles. The number of para-hydroxylation sites is 1. The fourth-order valence-corrected chi connectivity index (χ4v) is 2.61. The normalized spacial score (nSPS) is 11.5. The van der Waals surface area contributed by atoms with E-state index in [4.69, 9.17) is 8.83 Å². The minimum Gasteiger partial charge on any atom is -0.456 e. The van der Waals surface area contributed by atoms with E-state index in [0.717, 1.165) is 10.9 Å². The fourth-order valence-electron chi connectivity index (χ4n) is 2.61. The van der Waals surface area contributed by atoms with Crippen molar-refractivity contribution < 1.29 is 8.83 Å². The third-order valence-electron chi connectivity index (χ3n) is 3.65. The van der Waals surface area contributed by atoms with Crippen molar-refractivity contribution in [2.45, 2.75) is 6.92 Å². The third-order valence-corrected chi connectivity index (χ3v) is 3.65. The molecule has 4 aromatic rings. The van der Waals surface area contributed by atoms with Crippen molar-refractivity contribution in [2.24, 2.45) is 0 Å². The predicted octanol–water partition coefficient (Wildman–Crippen LogP) is 3.36. The van der Waals surface area contributed by atoms with E-state index in [1.54, 1.807) is 30.3 Å². The molecule has 0 aliphatic carbocycles. The molecule has 2 heterocycles. The van der Waals surface area contributed by atoms with E-state index in [2.05, 4.69) is 0 Å². The van der Waals surface area contributed by atoms with E-state index in [-0.39, 0.29) is 5.43 Å². The monoisotopic (exact) mass is 278 g/mol. The Kier molecular flexibility index (Phi) is 2.30. The van der Waals surface area contributed by atoms with Crippen LogP contribution in [0.1, 0.15) is 5.56 Å². The second kappa shape index (κ2) is 4.06. The van der Waals surface area contributed by atoms with Crippen LogP contribution in [0, 0.1) is 6.92 Å². The first-order valence-corrected chi connectivity index (χ1v) is 6.53. The number of rotatable bonds is 0. The summed E-state index contributed by atoms with van der Waals surface area (Å²) in [5, 5.41) is 1.77. The average Bonchev–Trinajstić information content (AvgIpc) is 2.46. The topological polar surface area (TPSA) is 60.4 Å². The zero-order valence-corrected chi connectivity index (χ0v) is 11.2. The Morgan fingerprint density at radius 3 is 2.38 bits per heavy atom. The second-order valence-corrected chi connectivity index (χ2v) is 5.02. The Bertz CT molecular complexity index is 1130. The van der Waals surface area contributed by atoms with Gasteiger partial charge in [-0.05, 0) is 30.7 Å². The van der Waals surface area contributed by atoms with Crippen LogP contribution in [0.25, 0.3) is 32.9 Å². The molecule has 0 aliphatic rings. The molecule has 0 atom stereocenters. The summed E-state index contributed by atoms with van der Waals surface area (Å²) < 4.78 is 10.9. The molecule has 4 heteroatoms. The van der Waals surface area contributed by atoms with Gasteiger partial charge in [-0.15, -0.1) is 0 Å². The van der Waals surface area contributed by atoms with Gasteiger partial charge in [0.15, 0.2) is 0 Å². The Morgan fingerprint density at radius 2 is 1.52 bits per heavy atom. The van der Waals surface area contributed by atoms with Crippen LogP contribution in [0.15, 0.2) is 60.9 Å². The minimum atomic E-state index is -0.414. The van der Waals surface area contributed by atoms with Gasteiger partial charge in [0, 0.05) is 17.5 Å². The Hall–Kier alpha value is -2.88. The third kappa shape index (κ3) is 1.69. The van der Waals surface area contributed by atoms with Crippen molar-refractivity contribution in [1.29, 1.82) is 0 Å². The lowest BCUT2D eigenvalue weighted by atomic mass is 10.1. The zero-order valence-electron chi connectivity index (χ0n) is 11.2. The number of fused-ring (bicyclic) bond motifs is 3. The van der Waals surface area contributed by atoms with E-state index < -0.39 is 5.63 Å². The second-order valence-electron chi connectivity index (χ2n) is 5.02. The molecule has 0 unspecified atom stereocenters. The van der Waals surface area contributed by atoms with Crippen LogP contribution >= 0.6 is 0 Å². The number of hydrogen-bond donors (Lipinski definition) is 0. The molecule has 4 rings (SSSR count). The van der Waals surface area contributed by atoms with E-state index >= 15 is 0 Å². The smallest absolute Gasteiger partial charge is 0.336 e. The first kappa shape index (κ1) is 11.9. The van der Waals surface area contributed by atoms with E-state index in [1.807, 2.05) is 13.0 Å². The van der Waals surface area contributed by atoms with Crippen LogP contribution in [0.4, 0.5) is 0 Å². The maximum atomic E-state index is 12.6. The maximum Gasteiger partial charge on any atom is 0.336 e. The number of benzene rings is 2. The molecule has 4 nitrogen and oxygen atoms in total. The lowest BCUT2D eigenvalue weighted by molar-refractivity contribution is 0.559.